The zero-order chi connectivity index (χ0) is 13.4. The molecule has 1 aliphatic carbocycles. The lowest BCUT2D eigenvalue weighted by molar-refractivity contribution is -0.144. The molecule has 19 heavy (non-hydrogen) atoms. The molecular formula is C12H13N5O2. The Morgan fingerprint density at radius 1 is 1.42 bits per heavy atom. The predicted octanol–water partition coefficient (Wildman–Crippen LogP) is 0.841. The molecule has 0 radical (unpaired) electrons. The molecule has 1 aliphatic rings. The Bertz CT molecular complexity index is 663. The largest absolute Gasteiger partial charge is 0.458 e. The fourth-order valence-corrected chi connectivity index (χ4v) is 2.27. The van der Waals surface area contributed by atoms with Crippen LogP contribution in [-0.4, -0.2) is 31.6 Å². The number of nitrogen functional groups attached to an aromatic ring is 1. The molecule has 0 aromatic carbocycles. The normalized spacial score (nSPS) is 21.9. The van der Waals surface area contributed by atoms with Crippen molar-refractivity contribution in [1.82, 2.24) is 19.5 Å². The van der Waals surface area contributed by atoms with E-state index in [0.29, 0.717) is 23.4 Å². The van der Waals surface area contributed by atoms with Crippen molar-refractivity contribution in [3.05, 3.63) is 24.8 Å². The second kappa shape index (κ2) is 4.34. The Kier molecular flexibility index (Phi) is 2.66. The van der Waals surface area contributed by atoms with Gasteiger partial charge in [-0.05, 0) is 6.08 Å². The van der Waals surface area contributed by atoms with E-state index in [0.717, 1.165) is 0 Å². The van der Waals surface area contributed by atoms with Gasteiger partial charge in [0.1, 0.15) is 17.9 Å². The smallest absolute Gasteiger partial charge is 0.303 e. The summed E-state index contributed by atoms with van der Waals surface area (Å²) in [6.45, 7) is 1.40. The molecule has 2 atom stereocenters. The van der Waals surface area contributed by atoms with Crippen LogP contribution in [0.25, 0.3) is 11.2 Å². The fraction of sp³-hybridized carbons (Fsp3) is 0.333. The molecular weight excluding hydrogens is 246 g/mol. The minimum Gasteiger partial charge on any atom is -0.458 e. The Balaban J connectivity index is 1.89. The topological polar surface area (TPSA) is 95.9 Å². The first-order valence-corrected chi connectivity index (χ1v) is 5.93. The van der Waals surface area contributed by atoms with Crippen molar-refractivity contribution in [1.29, 1.82) is 0 Å². The summed E-state index contributed by atoms with van der Waals surface area (Å²) in [5.74, 6) is 0.0830. The summed E-state index contributed by atoms with van der Waals surface area (Å²) in [6, 6.07) is 0.0589. The SMILES string of the molecule is CC(=O)O[C@@H]1C=C[C@@H](n2cnc3c(N)ncnc32)C1. The quantitative estimate of drug-likeness (QED) is 0.634. The van der Waals surface area contributed by atoms with Crippen LogP contribution in [-0.2, 0) is 9.53 Å². The second-order valence-corrected chi connectivity index (χ2v) is 4.42. The molecule has 98 valence electrons. The molecule has 0 saturated heterocycles. The Morgan fingerprint density at radius 2 is 2.26 bits per heavy atom. The lowest BCUT2D eigenvalue weighted by Gasteiger charge is -2.13. The number of allylic oxidation sites excluding steroid dienone is 1. The summed E-state index contributed by atoms with van der Waals surface area (Å²) in [7, 11) is 0. The predicted molar refractivity (Wildman–Crippen MR) is 68.1 cm³/mol. The van der Waals surface area contributed by atoms with E-state index in [2.05, 4.69) is 15.0 Å². The molecule has 2 N–H and O–H groups in total. The number of ether oxygens (including phenoxy) is 1. The maximum Gasteiger partial charge on any atom is 0.303 e. The van der Waals surface area contributed by atoms with Crippen LogP contribution in [0.4, 0.5) is 5.82 Å². The van der Waals surface area contributed by atoms with Crippen LogP contribution in [0.1, 0.15) is 19.4 Å². The van der Waals surface area contributed by atoms with Crippen molar-refractivity contribution < 1.29 is 9.53 Å². The first kappa shape index (κ1) is 11.6. The summed E-state index contributed by atoms with van der Waals surface area (Å²) >= 11 is 0. The van der Waals surface area contributed by atoms with E-state index in [1.165, 1.54) is 13.3 Å². The average molecular weight is 259 g/mol. The number of nitrogens with two attached hydrogens (primary N) is 1. The Hall–Kier alpha value is -2.44. The van der Waals surface area contributed by atoms with E-state index in [-0.39, 0.29) is 18.1 Å². The molecule has 7 heteroatoms. The molecule has 7 nitrogen and oxygen atoms in total. The van der Waals surface area contributed by atoms with Gasteiger partial charge in [-0.3, -0.25) is 4.79 Å². The van der Waals surface area contributed by atoms with Gasteiger partial charge >= 0.3 is 5.97 Å². The van der Waals surface area contributed by atoms with Crippen LogP contribution in [0, 0.1) is 0 Å². The summed E-state index contributed by atoms with van der Waals surface area (Å²) in [6.07, 6.45) is 7.43. The zero-order valence-electron chi connectivity index (χ0n) is 10.4. The Morgan fingerprint density at radius 3 is 3.05 bits per heavy atom. The molecule has 0 amide bonds. The van der Waals surface area contributed by atoms with Gasteiger partial charge in [0, 0.05) is 13.3 Å². The van der Waals surface area contributed by atoms with Crippen molar-refractivity contribution in [2.45, 2.75) is 25.5 Å². The molecule has 2 aromatic heterocycles. The van der Waals surface area contributed by atoms with Gasteiger partial charge < -0.3 is 15.0 Å². The molecule has 0 unspecified atom stereocenters. The maximum absolute atomic E-state index is 10.9. The number of nitrogens with zero attached hydrogens (tertiary/aromatic N) is 4. The lowest BCUT2D eigenvalue weighted by atomic mass is 10.2. The highest BCUT2D eigenvalue weighted by Crippen LogP contribution is 2.28. The summed E-state index contributed by atoms with van der Waals surface area (Å²) < 4.78 is 7.07. The molecule has 2 heterocycles. The number of fused-ring (bicyclic) bond motifs is 1. The number of carbonyl (C=O) groups is 1. The molecule has 0 fully saturated rings. The van der Waals surface area contributed by atoms with E-state index in [4.69, 9.17) is 10.5 Å². The third-order valence-corrected chi connectivity index (χ3v) is 3.08. The highest BCUT2D eigenvalue weighted by Gasteiger charge is 2.24. The first-order valence-electron chi connectivity index (χ1n) is 5.93. The highest BCUT2D eigenvalue weighted by atomic mass is 16.5. The van der Waals surface area contributed by atoms with Crippen LogP contribution in [0.5, 0.6) is 0 Å². The van der Waals surface area contributed by atoms with Crippen molar-refractivity contribution in [2.75, 3.05) is 5.73 Å². The minimum absolute atomic E-state index is 0.0589. The van der Waals surface area contributed by atoms with E-state index in [1.54, 1.807) is 6.33 Å². The van der Waals surface area contributed by atoms with Crippen LogP contribution < -0.4 is 5.73 Å². The van der Waals surface area contributed by atoms with Crippen molar-refractivity contribution in [3.8, 4) is 0 Å². The van der Waals surface area contributed by atoms with Crippen LogP contribution >= 0.6 is 0 Å². The Labute approximate surface area is 109 Å². The highest BCUT2D eigenvalue weighted by molar-refractivity contribution is 5.81. The number of esters is 1. The number of rotatable bonds is 2. The number of hydrogen-bond donors (Lipinski definition) is 1. The standard InChI is InChI=1S/C12H13N5O2/c1-7(18)19-9-3-2-8(4-9)17-6-16-10-11(13)14-5-15-12(10)17/h2-3,5-6,8-9H,4H2,1H3,(H2,13,14,15)/t8-,9-/m1/s1. The van der Waals surface area contributed by atoms with Gasteiger partial charge in [0.15, 0.2) is 11.5 Å². The third-order valence-electron chi connectivity index (χ3n) is 3.08. The van der Waals surface area contributed by atoms with Gasteiger partial charge in [-0.15, -0.1) is 0 Å². The number of aromatic nitrogens is 4. The zero-order valence-corrected chi connectivity index (χ0v) is 10.4. The van der Waals surface area contributed by atoms with Crippen LogP contribution in [0.15, 0.2) is 24.8 Å². The first-order chi connectivity index (χ1) is 9.15. The molecule has 0 aliphatic heterocycles. The van der Waals surface area contributed by atoms with Crippen molar-refractivity contribution in [3.63, 3.8) is 0 Å². The van der Waals surface area contributed by atoms with E-state index in [1.807, 2.05) is 16.7 Å². The van der Waals surface area contributed by atoms with Crippen molar-refractivity contribution in [2.24, 2.45) is 0 Å². The summed E-state index contributed by atoms with van der Waals surface area (Å²) in [5, 5.41) is 0. The van der Waals surface area contributed by atoms with E-state index < -0.39 is 0 Å². The average Bonchev–Trinajstić information content (AvgIpc) is 2.95. The summed E-state index contributed by atoms with van der Waals surface area (Å²) in [5.41, 5.74) is 7.02. The second-order valence-electron chi connectivity index (χ2n) is 4.42. The van der Waals surface area contributed by atoms with E-state index in [9.17, 15) is 4.79 Å². The van der Waals surface area contributed by atoms with Gasteiger partial charge in [-0.2, -0.15) is 0 Å². The van der Waals surface area contributed by atoms with Gasteiger partial charge in [-0.25, -0.2) is 15.0 Å². The maximum atomic E-state index is 10.9. The number of anilines is 1. The van der Waals surface area contributed by atoms with Gasteiger partial charge in [0.25, 0.3) is 0 Å². The van der Waals surface area contributed by atoms with Crippen LogP contribution in [0.2, 0.25) is 0 Å². The monoisotopic (exact) mass is 259 g/mol. The molecule has 3 rings (SSSR count). The number of carbonyl (C=O) groups excluding carboxylic acids is 1. The molecule has 0 spiro atoms. The minimum atomic E-state index is -0.280. The fourth-order valence-electron chi connectivity index (χ4n) is 2.27. The lowest BCUT2D eigenvalue weighted by Crippen LogP contribution is -2.14. The molecule has 2 aromatic rings. The third kappa shape index (κ3) is 2.03. The van der Waals surface area contributed by atoms with Gasteiger partial charge in [-0.1, -0.05) is 6.08 Å². The van der Waals surface area contributed by atoms with Gasteiger partial charge in [0.05, 0.1) is 12.4 Å². The van der Waals surface area contributed by atoms with Crippen LogP contribution in [0.3, 0.4) is 0 Å². The molecule has 0 saturated carbocycles. The van der Waals surface area contributed by atoms with Gasteiger partial charge in [0.2, 0.25) is 0 Å². The molecule has 0 bridgehead atoms. The number of hydrogen-bond acceptors (Lipinski definition) is 6. The summed E-state index contributed by atoms with van der Waals surface area (Å²) in [4.78, 5) is 23.3. The van der Waals surface area contributed by atoms with Crippen molar-refractivity contribution >= 4 is 23.0 Å². The van der Waals surface area contributed by atoms with E-state index >= 15 is 0 Å². The number of imidazole rings is 1.